The Labute approximate surface area is 116 Å². The molecule has 0 bridgehead atoms. The second kappa shape index (κ2) is 5.87. The van der Waals surface area contributed by atoms with Crippen molar-refractivity contribution in [2.45, 2.75) is 52.1 Å². The summed E-state index contributed by atoms with van der Waals surface area (Å²) in [5, 5.41) is 0. The predicted octanol–water partition coefficient (Wildman–Crippen LogP) is 3.48. The lowest BCUT2D eigenvalue weighted by molar-refractivity contribution is -0.127. The molecule has 2 heteroatoms. The maximum Gasteiger partial charge on any atom is 0.153 e. The SMILES string of the molecule is CC(C)C(=O)C1C(c2ccccc2)CCN1C(C)C. The van der Waals surface area contributed by atoms with Crippen LogP contribution in [0.5, 0.6) is 0 Å². The van der Waals surface area contributed by atoms with Crippen LogP contribution in [-0.2, 0) is 4.79 Å². The topological polar surface area (TPSA) is 20.3 Å². The van der Waals surface area contributed by atoms with Crippen molar-refractivity contribution in [3.05, 3.63) is 35.9 Å². The molecule has 0 N–H and O–H groups in total. The molecule has 1 saturated heterocycles. The van der Waals surface area contributed by atoms with E-state index in [0.29, 0.717) is 17.7 Å². The van der Waals surface area contributed by atoms with Crippen LogP contribution in [0.4, 0.5) is 0 Å². The van der Waals surface area contributed by atoms with E-state index in [-0.39, 0.29) is 12.0 Å². The number of likely N-dealkylation sites (tertiary alicyclic amines) is 1. The van der Waals surface area contributed by atoms with E-state index in [1.54, 1.807) is 0 Å². The first-order chi connectivity index (χ1) is 9.02. The number of ketones is 1. The highest BCUT2D eigenvalue weighted by molar-refractivity contribution is 5.87. The molecule has 0 amide bonds. The maximum absolute atomic E-state index is 12.6. The molecule has 1 aromatic carbocycles. The maximum atomic E-state index is 12.6. The highest BCUT2D eigenvalue weighted by Crippen LogP contribution is 2.36. The summed E-state index contributed by atoms with van der Waals surface area (Å²) in [7, 11) is 0. The van der Waals surface area contributed by atoms with Gasteiger partial charge in [-0.25, -0.2) is 0 Å². The average molecular weight is 259 g/mol. The molecule has 2 rings (SSSR count). The number of nitrogens with zero attached hydrogens (tertiary/aromatic N) is 1. The van der Waals surface area contributed by atoms with E-state index in [1.807, 2.05) is 19.9 Å². The van der Waals surface area contributed by atoms with Crippen molar-refractivity contribution in [1.82, 2.24) is 4.90 Å². The zero-order valence-corrected chi connectivity index (χ0v) is 12.5. The van der Waals surface area contributed by atoms with Gasteiger partial charge in [-0.2, -0.15) is 0 Å². The van der Waals surface area contributed by atoms with E-state index in [0.717, 1.165) is 13.0 Å². The summed E-state index contributed by atoms with van der Waals surface area (Å²) >= 11 is 0. The number of carbonyl (C=O) groups is 1. The van der Waals surface area contributed by atoms with Crippen molar-refractivity contribution < 1.29 is 4.79 Å². The van der Waals surface area contributed by atoms with Crippen molar-refractivity contribution in [2.24, 2.45) is 5.92 Å². The van der Waals surface area contributed by atoms with Crippen LogP contribution in [0.3, 0.4) is 0 Å². The lowest BCUT2D eigenvalue weighted by Gasteiger charge is -2.31. The molecule has 0 saturated carbocycles. The number of carbonyl (C=O) groups excluding carboxylic acids is 1. The fourth-order valence-corrected chi connectivity index (χ4v) is 3.15. The Kier molecular flexibility index (Phi) is 4.41. The molecular formula is C17H25NO. The van der Waals surface area contributed by atoms with Gasteiger partial charge in [-0.3, -0.25) is 9.69 Å². The first kappa shape index (κ1) is 14.3. The first-order valence-corrected chi connectivity index (χ1v) is 7.36. The van der Waals surface area contributed by atoms with Crippen molar-refractivity contribution in [1.29, 1.82) is 0 Å². The van der Waals surface area contributed by atoms with Gasteiger partial charge in [-0.15, -0.1) is 0 Å². The predicted molar refractivity (Wildman–Crippen MR) is 79.3 cm³/mol. The molecule has 1 aromatic rings. The molecule has 1 heterocycles. The Bertz CT molecular complexity index is 424. The summed E-state index contributed by atoms with van der Waals surface area (Å²) in [6.07, 6.45) is 1.09. The van der Waals surface area contributed by atoms with E-state index in [1.165, 1.54) is 5.56 Å². The van der Waals surface area contributed by atoms with Gasteiger partial charge in [-0.05, 0) is 32.4 Å². The van der Waals surface area contributed by atoms with Crippen LogP contribution >= 0.6 is 0 Å². The third-order valence-corrected chi connectivity index (χ3v) is 4.19. The fourth-order valence-electron chi connectivity index (χ4n) is 3.15. The lowest BCUT2D eigenvalue weighted by atomic mass is 9.86. The Morgan fingerprint density at radius 1 is 1.16 bits per heavy atom. The summed E-state index contributed by atoms with van der Waals surface area (Å²) in [6, 6.07) is 11.0. The molecule has 1 aliphatic rings. The Hall–Kier alpha value is -1.15. The number of hydrogen-bond donors (Lipinski definition) is 0. The Balaban J connectivity index is 2.31. The second-order valence-corrected chi connectivity index (χ2v) is 6.14. The van der Waals surface area contributed by atoms with Crippen LogP contribution in [0.25, 0.3) is 0 Å². The minimum Gasteiger partial charge on any atom is -0.298 e. The van der Waals surface area contributed by atoms with Gasteiger partial charge in [0, 0.05) is 17.9 Å². The molecule has 104 valence electrons. The molecular weight excluding hydrogens is 234 g/mol. The van der Waals surface area contributed by atoms with Crippen LogP contribution in [-0.4, -0.2) is 29.3 Å². The van der Waals surface area contributed by atoms with E-state index in [4.69, 9.17) is 0 Å². The fraction of sp³-hybridized carbons (Fsp3) is 0.588. The van der Waals surface area contributed by atoms with Crippen molar-refractivity contribution in [3.8, 4) is 0 Å². The number of benzene rings is 1. The van der Waals surface area contributed by atoms with Crippen LogP contribution < -0.4 is 0 Å². The zero-order chi connectivity index (χ0) is 14.0. The summed E-state index contributed by atoms with van der Waals surface area (Å²) in [6.45, 7) is 9.44. The minimum atomic E-state index is 0.0578. The molecule has 1 fully saturated rings. The Morgan fingerprint density at radius 2 is 1.79 bits per heavy atom. The van der Waals surface area contributed by atoms with Gasteiger partial charge in [0.25, 0.3) is 0 Å². The standard InChI is InChI=1S/C17H25NO/c1-12(2)17(19)16-15(10-11-18(16)13(3)4)14-8-6-5-7-9-14/h5-9,12-13,15-16H,10-11H2,1-4H3. The summed E-state index contributed by atoms with van der Waals surface area (Å²) < 4.78 is 0. The average Bonchev–Trinajstić information content (AvgIpc) is 2.83. The highest BCUT2D eigenvalue weighted by atomic mass is 16.1. The van der Waals surface area contributed by atoms with Gasteiger partial charge in [0.1, 0.15) is 0 Å². The second-order valence-electron chi connectivity index (χ2n) is 6.14. The van der Waals surface area contributed by atoms with Crippen LogP contribution in [0.15, 0.2) is 30.3 Å². The van der Waals surface area contributed by atoms with E-state index < -0.39 is 0 Å². The van der Waals surface area contributed by atoms with Crippen molar-refractivity contribution in [3.63, 3.8) is 0 Å². The Morgan fingerprint density at radius 3 is 2.32 bits per heavy atom. The van der Waals surface area contributed by atoms with Gasteiger partial charge in [0.2, 0.25) is 0 Å². The van der Waals surface area contributed by atoms with Gasteiger partial charge >= 0.3 is 0 Å². The van der Waals surface area contributed by atoms with Crippen molar-refractivity contribution in [2.75, 3.05) is 6.54 Å². The van der Waals surface area contributed by atoms with Gasteiger partial charge in [0.05, 0.1) is 6.04 Å². The summed E-state index contributed by atoms with van der Waals surface area (Å²) in [4.78, 5) is 15.0. The summed E-state index contributed by atoms with van der Waals surface area (Å²) in [5.74, 6) is 0.856. The molecule has 2 atom stereocenters. The van der Waals surface area contributed by atoms with Gasteiger partial charge in [-0.1, -0.05) is 44.2 Å². The van der Waals surface area contributed by atoms with Crippen molar-refractivity contribution >= 4 is 5.78 Å². The molecule has 0 aromatic heterocycles. The molecule has 2 nitrogen and oxygen atoms in total. The molecule has 0 aliphatic carbocycles. The summed E-state index contributed by atoms with van der Waals surface area (Å²) in [5.41, 5.74) is 1.31. The molecule has 1 aliphatic heterocycles. The monoisotopic (exact) mass is 259 g/mol. The number of rotatable bonds is 4. The number of Topliss-reactive ketones (excluding diaryl/α,β-unsaturated/α-hetero) is 1. The lowest BCUT2D eigenvalue weighted by Crippen LogP contribution is -2.44. The van der Waals surface area contributed by atoms with Gasteiger partial charge < -0.3 is 0 Å². The normalized spacial score (nSPS) is 24.3. The molecule has 2 unspecified atom stereocenters. The largest absolute Gasteiger partial charge is 0.298 e. The quantitative estimate of drug-likeness (QED) is 0.825. The van der Waals surface area contributed by atoms with Gasteiger partial charge in [0.15, 0.2) is 5.78 Å². The molecule has 0 radical (unpaired) electrons. The third kappa shape index (κ3) is 2.89. The van der Waals surface area contributed by atoms with E-state index in [9.17, 15) is 4.79 Å². The minimum absolute atomic E-state index is 0.0578. The van der Waals surface area contributed by atoms with Crippen LogP contribution in [0.2, 0.25) is 0 Å². The number of hydrogen-bond acceptors (Lipinski definition) is 2. The molecule has 0 spiro atoms. The molecule has 19 heavy (non-hydrogen) atoms. The van der Waals surface area contributed by atoms with Crippen LogP contribution in [0, 0.1) is 5.92 Å². The van der Waals surface area contributed by atoms with E-state index >= 15 is 0 Å². The highest BCUT2D eigenvalue weighted by Gasteiger charge is 2.41. The first-order valence-electron chi connectivity index (χ1n) is 7.36. The third-order valence-electron chi connectivity index (χ3n) is 4.19. The smallest absolute Gasteiger partial charge is 0.153 e. The zero-order valence-electron chi connectivity index (χ0n) is 12.5. The van der Waals surface area contributed by atoms with E-state index in [2.05, 4.69) is 43.0 Å². The van der Waals surface area contributed by atoms with Crippen LogP contribution in [0.1, 0.15) is 45.6 Å².